The van der Waals surface area contributed by atoms with Crippen LogP contribution in [0.5, 0.6) is 0 Å². The summed E-state index contributed by atoms with van der Waals surface area (Å²) in [7, 11) is 0. The van der Waals surface area contributed by atoms with Crippen LogP contribution in [0.15, 0.2) is 53.1 Å². The van der Waals surface area contributed by atoms with Crippen LogP contribution >= 0.6 is 0 Å². The second kappa shape index (κ2) is 7.12. The van der Waals surface area contributed by atoms with Crippen LogP contribution in [0.25, 0.3) is 11.5 Å². The number of aromatic nitrogens is 2. The van der Waals surface area contributed by atoms with Crippen LogP contribution in [0.4, 0.5) is 0 Å². The first-order valence-electron chi connectivity index (χ1n) is 8.97. The first kappa shape index (κ1) is 16.5. The van der Waals surface area contributed by atoms with E-state index in [1.54, 1.807) is 19.1 Å². The molecule has 0 bridgehead atoms. The van der Waals surface area contributed by atoms with Crippen molar-refractivity contribution < 1.29 is 9.32 Å². The molecule has 0 spiro atoms. The van der Waals surface area contributed by atoms with Crippen LogP contribution in [0.1, 0.15) is 46.1 Å². The lowest BCUT2D eigenvalue weighted by Crippen LogP contribution is -2.29. The summed E-state index contributed by atoms with van der Waals surface area (Å²) in [6.45, 7) is 2.44. The Morgan fingerprint density at radius 3 is 2.77 bits per heavy atom. The Morgan fingerprint density at radius 2 is 2.00 bits per heavy atom. The Balaban J connectivity index is 1.41. The number of nitrogens with zero attached hydrogens (tertiary/aromatic N) is 2. The third kappa shape index (κ3) is 3.38. The lowest BCUT2D eigenvalue weighted by atomic mass is 9.83. The maximum absolute atomic E-state index is 12.5. The predicted molar refractivity (Wildman–Crippen MR) is 98.9 cm³/mol. The van der Waals surface area contributed by atoms with Crippen molar-refractivity contribution in [2.45, 2.75) is 32.1 Å². The molecule has 0 aliphatic heterocycles. The molecule has 1 atom stereocenters. The molecule has 0 fully saturated rings. The smallest absolute Gasteiger partial charge is 0.257 e. The summed E-state index contributed by atoms with van der Waals surface area (Å²) in [6.07, 6.45) is 3.43. The molecule has 2 aromatic carbocycles. The zero-order valence-electron chi connectivity index (χ0n) is 14.7. The third-order valence-electron chi connectivity index (χ3n) is 4.92. The molecular formula is C21H21N3O2. The van der Waals surface area contributed by atoms with E-state index in [1.165, 1.54) is 17.5 Å². The van der Waals surface area contributed by atoms with Gasteiger partial charge in [0.05, 0.1) is 0 Å². The number of carbonyl (C=O) groups excluding carboxylic acids is 1. The minimum Gasteiger partial charge on any atom is -0.351 e. The Morgan fingerprint density at radius 1 is 1.19 bits per heavy atom. The van der Waals surface area contributed by atoms with E-state index in [-0.39, 0.29) is 5.91 Å². The summed E-state index contributed by atoms with van der Waals surface area (Å²) in [5.74, 6) is 1.40. The molecule has 3 aromatic rings. The maximum Gasteiger partial charge on any atom is 0.257 e. The number of benzene rings is 2. The lowest BCUT2D eigenvalue weighted by Gasteiger charge is -2.25. The zero-order valence-corrected chi connectivity index (χ0v) is 14.7. The predicted octanol–water partition coefficient (Wildman–Crippen LogP) is 3.89. The number of hydrogen-bond donors (Lipinski definition) is 1. The van der Waals surface area contributed by atoms with Crippen LogP contribution in [-0.4, -0.2) is 22.6 Å². The number of hydrogen-bond acceptors (Lipinski definition) is 4. The van der Waals surface area contributed by atoms with Crippen molar-refractivity contribution in [3.8, 4) is 11.5 Å². The standard InChI is InChI=1S/C21H21N3O2/c1-14-23-21(26-24-14)17-11-9-16(10-12-17)20(25)22-13-18-7-4-6-15-5-2-3-8-19(15)18/h2-3,5,8-12,18H,4,6-7,13H2,1H3,(H,22,25)/t18-/m0/s1. The molecule has 0 unspecified atom stereocenters. The van der Waals surface area contributed by atoms with Gasteiger partial charge in [0.2, 0.25) is 0 Å². The van der Waals surface area contributed by atoms with Gasteiger partial charge in [0.15, 0.2) is 5.82 Å². The Hall–Kier alpha value is -2.95. The number of aryl methyl sites for hydroxylation is 2. The monoisotopic (exact) mass is 347 g/mol. The topological polar surface area (TPSA) is 68.0 Å². The fourth-order valence-corrected chi connectivity index (χ4v) is 3.56. The van der Waals surface area contributed by atoms with E-state index in [0.717, 1.165) is 18.4 Å². The van der Waals surface area contributed by atoms with Crippen LogP contribution in [0.2, 0.25) is 0 Å². The molecule has 132 valence electrons. The molecule has 1 N–H and O–H groups in total. The van der Waals surface area contributed by atoms with Crippen molar-refractivity contribution in [2.24, 2.45) is 0 Å². The molecule has 1 aromatic heterocycles. The number of carbonyl (C=O) groups is 1. The second-order valence-corrected chi connectivity index (χ2v) is 6.72. The van der Waals surface area contributed by atoms with E-state index < -0.39 is 0 Å². The van der Waals surface area contributed by atoms with Gasteiger partial charge in [-0.15, -0.1) is 0 Å². The molecule has 26 heavy (non-hydrogen) atoms. The lowest BCUT2D eigenvalue weighted by molar-refractivity contribution is 0.0950. The molecule has 0 radical (unpaired) electrons. The van der Waals surface area contributed by atoms with Crippen molar-refractivity contribution in [1.29, 1.82) is 0 Å². The molecule has 1 aliphatic carbocycles. The molecule has 0 saturated heterocycles. The van der Waals surface area contributed by atoms with Crippen molar-refractivity contribution in [2.75, 3.05) is 6.54 Å². The number of amides is 1. The first-order chi connectivity index (χ1) is 12.7. The largest absolute Gasteiger partial charge is 0.351 e. The Labute approximate surface area is 152 Å². The van der Waals surface area contributed by atoms with E-state index >= 15 is 0 Å². The van der Waals surface area contributed by atoms with Gasteiger partial charge in [-0.3, -0.25) is 4.79 Å². The Bertz CT molecular complexity index is 915. The summed E-state index contributed by atoms with van der Waals surface area (Å²) >= 11 is 0. The minimum absolute atomic E-state index is 0.0543. The van der Waals surface area contributed by atoms with Gasteiger partial charge in [0.1, 0.15) is 0 Å². The van der Waals surface area contributed by atoms with E-state index in [1.807, 2.05) is 12.1 Å². The maximum atomic E-state index is 12.5. The SMILES string of the molecule is Cc1noc(-c2ccc(C(=O)NC[C@@H]3CCCc4ccccc43)cc2)n1. The van der Waals surface area contributed by atoms with Gasteiger partial charge in [0, 0.05) is 23.6 Å². The number of nitrogens with one attached hydrogen (secondary N) is 1. The minimum atomic E-state index is -0.0543. The van der Waals surface area contributed by atoms with E-state index in [9.17, 15) is 4.79 Å². The quantitative estimate of drug-likeness (QED) is 0.777. The van der Waals surface area contributed by atoms with Crippen LogP contribution in [0, 0.1) is 6.92 Å². The van der Waals surface area contributed by atoms with Gasteiger partial charge in [-0.2, -0.15) is 4.98 Å². The van der Waals surface area contributed by atoms with Gasteiger partial charge < -0.3 is 9.84 Å². The van der Waals surface area contributed by atoms with E-state index in [2.05, 4.69) is 39.7 Å². The molecule has 1 amide bonds. The first-order valence-corrected chi connectivity index (χ1v) is 8.97. The van der Waals surface area contributed by atoms with Crippen LogP contribution in [0.3, 0.4) is 0 Å². The summed E-state index contributed by atoms with van der Waals surface area (Å²) in [5, 5.41) is 6.87. The Kier molecular flexibility index (Phi) is 4.52. The molecular weight excluding hydrogens is 326 g/mol. The highest BCUT2D eigenvalue weighted by Crippen LogP contribution is 2.30. The molecule has 0 saturated carbocycles. The fraction of sp³-hybridized carbons (Fsp3) is 0.286. The van der Waals surface area contributed by atoms with E-state index in [0.29, 0.717) is 29.7 Å². The average Bonchev–Trinajstić information content (AvgIpc) is 3.12. The van der Waals surface area contributed by atoms with Crippen molar-refractivity contribution >= 4 is 5.91 Å². The van der Waals surface area contributed by atoms with Crippen molar-refractivity contribution in [3.05, 3.63) is 71.0 Å². The van der Waals surface area contributed by atoms with Crippen LogP contribution in [-0.2, 0) is 6.42 Å². The molecule has 4 rings (SSSR count). The molecule has 1 aliphatic rings. The molecule has 5 heteroatoms. The summed E-state index contributed by atoms with van der Waals surface area (Å²) in [4.78, 5) is 16.7. The fourth-order valence-electron chi connectivity index (χ4n) is 3.56. The van der Waals surface area contributed by atoms with Crippen molar-refractivity contribution in [3.63, 3.8) is 0 Å². The van der Waals surface area contributed by atoms with Gasteiger partial charge in [-0.1, -0.05) is 29.4 Å². The van der Waals surface area contributed by atoms with Gasteiger partial charge in [-0.05, 0) is 61.6 Å². The second-order valence-electron chi connectivity index (χ2n) is 6.72. The van der Waals surface area contributed by atoms with E-state index in [4.69, 9.17) is 4.52 Å². The average molecular weight is 347 g/mol. The van der Waals surface area contributed by atoms with Gasteiger partial charge in [0.25, 0.3) is 11.8 Å². The summed E-state index contributed by atoms with van der Waals surface area (Å²) < 4.78 is 5.15. The third-order valence-corrected chi connectivity index (χ3v) is 4.92. The normalized spacial score (nSPS) is 16.1. The molecule has 1 heterocycles. The van der Waals surface area contributed by atoms with Crippen molar-refractivity contribution in [1.82, 2.24) is 15.5 Å². The van der Waals surface area contributed by atoms with Gasteiger partial charge >= 0.3 is 0 Å². The number of rotatable bonds is 4. The highest BCUT2D eigenvalue weighted by molar-refractivity contribution is 5.94. The zero-order chi connectivity index (χ0) is 17.9. The number of fused-ring (bicyclic) bond motifs is 1. The van der Waals surface area contributed by atoms with Gasteiger partial charge in [-0.25, -0.2) is 0 Å². The highest BCUT2D eigenvalue weighted by Gasteiger charge is 2.20. The highest BCUT2D eigenvalue weighted by atomic mass is 16.5. The molecule has 5 nitrogen and oxygen atoms in total. The summed E-state index contributed by atoms with van der Waals surface area (Å²) in [6, 6.07) is 15.8. The summed E-state index contributed by atoms with van der Waals surface area (Å²) in [5.41, 5.74) is 4.23. The van der Waals surface area contributed by atoms with Crippen LogP contribution < -0.4 is 5.32 Å².